The van der Waals surface area contributed by atoms with Crippen LogP contribution in [0.3, 0.4) is 0 Å². The van der Waals surface area contributed by atoms with Gasteiger partial charge in [0.05, 0.1) is 6.04 Å². The molecule has 2 heterocycles. The SMILES string of the molecule is CCCC(NS(=O)(=O)c1cc(CN)cs1)c1cccs1. The van der Waals surface area contributed by atoms with E-state index in [2.05, 4.69) is 4.72 Å². The van der Waals surface area contributed by atoms with Gasteiger partial charge in [0.15, 0.2) is 0 Å². The number of hydrogen-bond acceptors (Lipinski definition) is 5. The zero-order chi connectivity index (χ0) is 14.6. The third-order valence-electron chi connectivity index (χ3n) is 2.89. The first-order valence-corrected chi connectivity index (χ1v) is 9.64. The van der Waals surface area contributed by atoms with E-state index < -0.39 is 10.0 Å². The Morgan fingerprint density at radius 3 is 2.75 bits per heavy atom. The van der Waals surface area contributed by atoms with E-state index >= 15 is 0 Å². The van der Waals surface area contributed by atoms with Crippen molar-refractivity contribution in [1.82, 2.24) is 4.72 Å². The molecule has 2 aromatic heterocycles. The Morgan fingerprint density at radius 1 is 1.40 bits per heavy atom. The lowest BCUT2D eigenvalue weighted by molar-refractivity contribution is 0.542. The van der Waals surface area contributed by atoms with Gasteiger partial charge in [-0.2, -0.15) is 0 Å². The molecule has 1 unspecified atom stereocenters. The summed E-state index contributed by atoms with van der Waals surface area (Å²) >= 11 is 2.78. The van der Waals surface area contributed by atoms with Gasteiger partial charge in [0.1, 0.15) is 4.21 Å². The quantitative estimate of drug-likeness (QED) is 0.819. The Labute approximate surface area is 127 Å². The summed E-state index contributed by atoms with van der Waals surface area (Å²) in [5, 5.41) is 3.75. The van der Waals surface area contributed by atoms with E-state index in [9.17, 15) is 8.42 Å². The van der Waals surface area contributed by atoms with Crippen LogP contribution >= 0.6 is 22.7 Å². The Balaban J connectivity index is 2.20. The molecule has 20 heavy (non-hydrogen) atoms. The molecule has 0 spiro atoms. The lowest BCUT2D eigenvalue weighted by Crippen LogP contribution is -2.27. The molecule has 0 saturated heterocycles. The summed E-state index contributed by atoms with van der Waals surface area (Å²) in [6, 6.07) is 5.39. The van der Waals surface area contributed by atoms with Crippen LogP contribution in [0.4, 0.5) is 0 Å². The van der Waals surface area contributed by atoms with E-state index in [0.29, 0.717) is 10.8 Å². The van der Waals surface area contributed by atoms with Gasteiger partial charge in [-0.15, -0.1) is 22.7 Å². The lowest BCUT2D eigenvalue weighted by atomic mass is 10.1. The third kappa shape index (κ3) is 3.67. The van der Waals surface area contributed by atoms with Crippen LogP contribution in [0.15, 0.2) is 33.2 Å². The van der Waals surface area contributed by atoms with Gasteiger partial charge in [0.25, 0.3) is 10.0 Å². The molecule has 0 saturated carbocycles. The summed E-state index contributed by atoms with van der Waals surface area (Å²) in [4.78, 5) is 1.05. The number of sulfonamides is 1. The molecule has 0 amide bonds. The molecule has 0 aliphatic carbocycles. The molecular weight excluding hydrogens is 312 g/mol. The molecule has 110 valence electrons. The number of thiophene rings is 2. The van der Waals surface area contributed by atoms with Crippen molar-refractivity contribution in [3.05, 3.63) is 39.4 Å². The van der Waals surface area contributed by atoms with Crippen LogP contribution in [-0.2, 0) is 16.6 Å². The van der Waals surface area contributed by atoms with Gasteiger partial charge >= 0.3 is 0 Å². The van der Waals surface area contributed by atoms with Crippen LogP contribution < -0.4 is 10.5 Å². The highest BCUT2D eigenvalue weighted by Gasteiger charge is 2.22. The number of hydrogen-bond donors (Lipinski definition) is 2. The molecule has 0 aliphatic rings. The fraction of sp³-hybridized carbons (Fsp3) is 0.385. The maximum absolute atomic E-state index is 12.4. The first-order chi connectivity index (χ1) is 9.56. The molecule has 7 heteroatoms. The smallest absolute Gasteiger partial charge is 0.250 e. The molecule has 2 aromatic rings. The van der Waals surface area contributed by atoms with Crippen LogP contribution in [0.1, 0.15) is 36.2 Å². The highest BCUT2D eigenvalue weighted by atomic mass is 32.2. The van der Waals surface area contributed by atoms with Gasteiger partial charge in [-0.25, -0.2) is 13.1 Å². The van der Waals surface area contributed by atoms with Crippen molar-refractivity contribution in [3.8, 4) is 0 Å². The van der Waals surface area contributed by atoms with Crippen LogP contribution in [0, 0.1) is 0 Å². The molecule has 4 nitrogen and oxygen atoms in total. The van der Waals surface area contributed by atoms with Crippen molar-refractivity contribution in [2.75, 3.05) is 0 Å². The molecule has 0 radical (unpaired) electrons. The fourth-order valence-corrected chi connectivity index (χ4v) is 5.26. The summed E-state index contributed by atoms with van der Waals surface area (Å²) in [6.45, 7) is 2.40. The van der Waals surface area contributed by atoms with Gasteiger partial charge in [-0.1, -0.05) is 19.4 Å². The van der Waals surface area contributed by atoms with Gasteiger partial charge in [0.2, 0.25) is 0 Å². The monoisotopic (exact) mass is 330 g/mol. The third-order valence-corrected chi connectivity index (χ3v) is 6.84. The average molecular weight is 330 g/mol. The normalized spacial score (nSPS) is 13.5. The van der Waals surface area contributed by atoms with E-state index in [1.807, 2.05) is 24.4 Å². The second-order valence-electron chi connectivity index (χ2n) is 4.46. The number of nitrogens with one attached hydrogen (secondary N) is 1. The highest BCUT2D eigenvalue weighted by molar-refractivity contribution is 7.91. The van der Waals surface area contributed by atoms with Crippen LogP contribution in [0.2, 0.25) is 0 Å². The molecule has 1 atom stereocenters. The van der Waals surface area contributed by atoms with E-state index in [0.717, 1.165) is 23.3 Å². The summed E-state index contributed by atoms with van der Waals surface area (Å²) in [5.74, 6) is 0. The molecular formula is C13H18N2O2S3. The second kappa shape index (κ2) is 6.82. The minimum absolute atomic E-state index is 0.159. The van der Waals surface area contributed by atoms with E-state index in [-0.39, 0.29) is 6.04 Å². The topological polar surface area (TPSA) is 72.2 Å². The van der Waals surface area contributed by atoms with E-state index in [1.54, 1.807) is 22.8 Å². The first-order valence-electron chi connectivity index (χ1n) is 6.40. The van der Waals surface area contributed by atoms with Crippen molar-refractivity contribution < 1.29 is 8.42 Å². The standard InChI is InChI=1S/C13H18N2O2S3/c1-2-4-11(12-5-3-6-18-12)15-20(16,17)13-7-10(8-14)9-19-13/h3,5-7,9,11,15H,2,4,8,14H2,1H3. The number of rotatable bonds is 7. The summed E-state index contributed by atoms with van der Waals surface area (Å²) in [5.41, 5.74) is 6.37. The lowest BCUT2D eigenvalue weighted by Gasteiger charge is -2.16. The first kappa shape index (κ1) is 15.7. The number of nitrogens with two attached hydrogens (primary N) is 1. The van der Waals surface area contributed by atoms with E-state index in [4.69, 9.17) is 5.73 Å². The Morgan fingerprint density at radius 2 is 2.20 bits per heavy atom. The van der Waals surface area contributed by atoms with E-state index in [1.165, 1.54) is 11.3 Å². The van der Waals surface area contributed by atoms with Gasteiger partial charge in [-0.05, 0) is 34.9 Å². The van der Waals surface area contributed by atoms with Crippen molar-refractivity contribution in [2.45, 2.75) is 36.6 Å². The second-order valence-corrected chi connectivity index (χ2v) is 8.29. The largest absolute Gasteiger partial charge is 0.326 e. The predicted molar refractivity (Wildman–Crippen MR) is 84.5 cm³/mol. The predicted octanol–water partition coefficient (Wildman–Crippen LogP) is 3.09. The van der Waals surface area contributed by atoms with Crippen molar-refractivity contribution in [3.63, 3.8) is 0 Å². The molecule has 0 aromatic carbocycles. The Bertz CT molecular complexity index is 632. The minimum atomic E-state index is -3.48. The maximum atomic E-state index is 12.4. The highest BCUT2D eigenvalue weighted by Crippen LogP contribution is 2.27. The summed E-state index contributed by atoms with van der Waals surface area (Å²) in [6.07, 6.45) is 1.71. The minimum Gasteiger partial charge on any atom is -0.326 e. The Hall–Kier alpha value is -0.730. The van der Waals surface area contributed by atoms with Gasteiger partial charge in [0, 0.05) is 11.4 Å². The maximum Gasteiger partial charge on any atom is 0.250 e. The van der Waals surface area contributed by atoms with Crippen LogP contribution in [0.25, 0.3) is 0 Å². The zero-order valence-electron chi connectivity index (χ0n) is 11.2. The van der Waals surface area contributed by atoms with Gasteiger partial charge < -0.3 is 5.73 Å². The van der Waals surface area contributed by atoms with Crippen molar-refractivity contribution in [1.29, 1.82) is 0 Å². The molecule has 0 aliphatic heterocycles. The van der Waals surface area contributed by atoms with Crippen LogP contribution in [0.5, 0.6) is 0 Å². The molecule has 0 bridgehead atoms. The molecule has 2 rings (SSSR count). The summed E-state index contributed by atoms with van der Waals surface area (Å²) < 4.78 is 27.9. The van der Waals surface area contributed by atoms with Gasteiger partial charge in [-0.3, -0.25) is 0 Å². The van der Waals surface area contributed by atoms with Crippen molar-refractivity contribution in [2.24, 2.45) is 5.73 Å². The van der Waals surface area contributed by atoms with Crippen molar-refractivity contribution >= 4 is 32.7 Å². The Kier molecular flexibility index (Phi) is 5.34. The average Bonchev–Trinajstić information content (AvgIpc) is 3.09. The zero-order valence-corrected chi connectivity index (χ0v) is 13.7. The molecule has 0 fully saturated rings. The summed E-state index contributed by atoms with van der Waals surface area (Å²) in [7, 11) is -3.48. The molecule has 3 N–H and O–H groups in total. The van der Waals surface area contributed by atoms with Crippen LogP contribution in [-0.4, -0.2) is 8.42 Å². The fourth-order valence-electron chi connectivity index (χ4n) is 1.88.